The lowest BCUT2D eigenvalue weighted by molar-refractivity contribution is 0.394. The molecule has 2 rings (SSSR count). The van der Waals surface area contributed by atoms with Gasteiger partial charge in [0.25, 0.3) is 0 Å². The average molecular weight is 278 g/mol. The van der Waals surface area contributed by atoms with Crippen molar-refractivity contribution in [2.75, 3.05) is 25.1 Å². The van der Waals surface area contributed by atoms with Gasteiger partial charge in [-0.1, -0.05) is 25.7 Å². The Morgan fingerprint density at radius 1 is 1.25 bits per heavy atom. The molecule has 1 saturated carbocycles. The Kier molecular flexibility index (Phi) is 6.05. The van der Waals surface area contributed by atoms with Crippen molar-refractivity contribution in [2.45, 2.75) is 51.0 Å². The lowest BCUT2D eigenvalue weighted by atomic mass is 10.1. The van der Waals surface area contributed by atoms with E-state index in [2.05, 4.69) is 14.9 Å². The van der Waals surface area contributed by atoms with E-state index in [0.29, 0.717) is 18.5 Å². The maximum Gasteiger partial charge on any atom is 0.233 e. The standard InChI is InChI=1S/C15H26N4O/c1-20-15-12-17-11-14(18-15)19(10-6-9-16)13-7-4-2-3-5-8-13/h11-13H,2-10,16H2,1H3. The van der Waals surface area contributed by atoms with Gasteiger partial charge in [0.15, 0.2) is 5.82 Å². The van der Waals surface area contributed by atoms with Crippen LogP contribution in [0.15, 0.2) is 12.4 Å². The highest BCUT2D eigenvalue weighted by atomic mass is 16.5. The summed E-state index contributed by atoms with van der Waals surface area (Å²) in [6.45, 7) is 1.66. The van der Waals surface area contributed by atoms with Crippen LogP contribution in [0.3, 0.4) is 0 Å². The molecule has 0 radical (unpaired) electrons. The molecule has 0 bridgehead atoms. The predicted molar refractivity (Wildman–Crippen MR) is 81.1 cm³/mol. The molecule has 0 amide bonds. The van der Waals surface area contributed by atoms with E-state index in [1.807, 2.05) is 6.20 Å². The molecule has 0 aliphatic heterocycles. The van der Waals surface area contributed by atoms with Gasteiger partial charge in [-0.2, -0.15) is 4.98 Å². The molecule has 5 nitrogen and oxygen atoms in total. The third kappa shape index (κ3) is 4.07. The number of hydrogen-bond donors (Lipinski definition) is 1. The van der Waals surface area contributed by atoms with Gasteiger partial charge in [0.1, 0.15) is 0 Å². The Hall–Kier alpha value is -1.36. The van der Waals surface area contributed by atoms with Crippen LogP contribution in [0.1, 0.15) is 44.9 Å². The number of aromatic nitrogens is 2. The Morgan fingerprint density at radius 3 is 2.65 bits per heavy atom. The summed E-state index contributed by atoms with van der Waals surface area (Å²) in [7, 11) is 1.63. The molecule has 0 aromatic carbocycles. The van der Waals surface area contributed by atoms with Crippen LogP contribution in [0.4, 0.5) is 5.82 Å². The first-order valence-electron chi connectivity index (χ1n) is 7.68. The van der Waals surface area contributed by atoms with Crippen molar-refractivity contribution in [3.8, 4) is 5.88 Å². The largest absolute Gasteiger partial charge is 0.480 e. The second-order valence-electron chi connectivity index (χ2n) is 5.40. The van der Waals surface area contributed by atoms with Gasteiger partial charge in [-0.25, -0.2) is 0 Å². The molecule has 0 unspecified atom stereocenters. The van der Waals surface area contributed by atoms with E-state index in [1.54, 1.807) is 13.3 Å². The zero-order valence-electron chi connectivity index (χ0n) is 12.4. The van der Waals surface area contributed by atoms with Crippen molar-refractivity contribution in [3.05, 3.63) is 12.4 Å². The molecule has 1 fully saturated rings. The van der Waals surface area contributed by atoms with Crippen LogP contribution in [0.2, 0.25) is 0 Å². The average Bonchev–Trinajstić information content (AvgIpc) is 2.77. The summed E-state index contributed by atoms with van der Waals surface area (Å²) in [6.07, 6.45) is 12.3. The maximum atomic E-state index is 5.68. The maximum absolute atomic E-state index is 5.68. The zero-order chi connectivity index (χ0) is 14.2. The monoisotopic (exact) mass is 278 g/mol. The van der Waals surface area contributed by atoms with E-state index in [9.17, 15) is 0 Å². The van der Waals surface area contributed by atoms with Gasteiger partial charge >= 0.3 is 0 Å². The fourth-order valence-electron chi connectivity index (χ4n) is 2.89. The predicted octanol–water partition coefficient (Wildman–Crippen LogP) is 2.36. The van der Waals surface area contributed by atoms with Crippen LogP contribution >= 0.6 is 0 Å². The van der Waals surface area contributed by atoms with Crippen LogP contribution in [-0.2, 0) is 0 Å². The summed E-state index contributed by atoms with van der Waals surface area (Å²) in [5.74, 6) is 1.50. The van der Waals surface area contributed by atoms with Crippen molar-refractivity contribution in [1.82, 2.24) is 9.97 Å². The highest BCUT2D eigenvalue weighted by Crippen LogP contribution is 2.26. The van der Waals surface area contributed by atoms with Gasteiger partial charge in [-0.05, 0) is 25.8 Å². The molecule has 1 aliphatic rings. The smallest absolute Gasteiger partial charge is 0.233 e. The summed E-state index contributed by atoms with van der Waals surface area (Å²) in [5.41, 5.74) is 5.68. The van der Waals surface area contributed by atoms with E-state index in [1.165, 1.54) is 38.5 Å². The summed E-state index contributed by atoms with van der Waals surface area (Å²) < 4.78 is 5.20. The second-order valence-corrected chi connectivity index (χ2v) is 5.40. The van der Waals surface area contributed by atoms with Crippen molar-refractivity contribution in [1.29, 1.82) is 0 Å². The van der Waals surface area contributed by atoms with E-state index < -0.39 is 0 Å². The molecule has 1 aromatic rings. The third-order valence-electron chi connectivity index (χ3n) is 3.97. The van der Waals surface area contributed by atoms with Gasteiger partial charge < -0.3 is 15.4 Å². The van der Waals surface area contributed by atoms with Crippen molar-refractivity contribution in [2.24, 2.45) is 5.73 Å². The number of ether oxygens (including phenoxy) is 1. The molecule has 1 aliphatic carbocycles. The summed E-state index contributed by atoms with van der Waals surface area (Å²) >= 11 is 0. The van der Waals surface area contributed by atoms with Crippen LogP contribution < -0.4 is 15.4 Å². The number of nitrogens with zero attached hydrogens (tertiary/aromatic N) is 3. The third-order valence-corrected chi connectivity index (χ3v) is 3.97. The first kappa shape index (κ1) is 15.0. The molecule has 1 aromatic heterocycles. The van der Waals surface area contributed by atoms with Crippen molar-refractivity contribution in [3.63, 3.8) is 0 Å². The summed E-state index contributed by atoms with van der Waals surface area (Å²) in [5, 5.41) is 0. The van der Waals surface area contributed by atoms with Gasteiger partial charge in [0, 0.05) is 12.6 Å². The van der Waals surface area contributed by atoms with Crippen LogP contribution in [-0.4, -0.2) is 36.2 Å². The minimum Gasteiger partial charge on any atom is -0.480 e. The molecule has 2 N–H and O–H groups in total. The quantitative estimate of drug-likeness (QED) is 0.809. The van der Waals surface area contributed by atoms with Crippen molar-refractivity contribution >= 4 is 5.82 Å². The van der Waals surface area contributed by atoms with Gasteiger partial charge in [-0.3, -0.25) is 4.98 Å². The van der Waals surface area contributed by atoms with E-state index >= 15 is 0 Å². The summed E-state index contributed by atoms with van der Waals surface area (Å²) in [6, 6.07) is 0.561. The molecule has 0 saturated heterocycles. The van der Waals surface area contributed by atoms with E-state index in [0.717, 1.165) is 18.8 Å². The molecule has 0 spiro atoms. The van der Waals surface area contributed by atoms with Gasteiger partial charge in [0.05, 0.1) is 19.5 Å². The fourth-order valence-corrected chi connectivity index (χ4v) is 2.89. The normalized spacial score (nSPS) is 16.7. The lowest BCUT2D eigenvalue weighted by Gasteiger charge is -2.32. The molecule has 1 heterocycles. The van der Waals surface area contributed by atoms with Gasteiger partial charge in [-0.15, -0.1) is 0 Å². The molecule has 20 heavy (non-hydrogen) atoms. The highest BCUT2D eigenvalue weighted by Gasteiger charge is 2.21. The molecular formula is C15H26N4O. The zero-order valence-corrected chi connectivity index (χ0v) is 12.4. The Morgan fingerprint density at radius 2 is 2.00 bits per heavy atom. The fraction of sp³-hybridized carbons (Fsp3) is 0.733. The number of nitrogens with two attached hydrogens (primary N) is 1. The second kappa shape index (κ2) is 8.04. The first-order chi connectivity index (χ1) is 9.85. The number of hydrogen-bond acceptors (Lipinski definition) is 5. The highest BCUT2D eigenvalue weighted by molar-refractivity contribution is 5.39. The van der Waals surface area contributed by atoms with Gasteiger partial charge in [0.2, 0.25) is 5.88 Å². The van der Waals surface area contributed by atoms with Crippen LogP contribution in [0, 0.1) is 0 Å². The molecule has 112 valence electrons. The molecule has 5 heteroatoms. The molecule has 0 atom stereocenters. The first-order valence-corrected chi connectivity index (χ1v) is 7.68. The Labute approximate surface area is 121 Å². The van der Waals surface area contributed by atoms with Crippen molar-refractivity contribution < 1.29 is 4.74 Å². The SMILES string of the molecule is COc1cncc(N(CCCN)C2CCCCCC2)n1. The number of rotatable bonds is 6. The number of anilines is 1. The summed E-state index contributed by atoms with van der Waals surface area (Å²) in [4.78, 5) is 11.2. The Bertz CT molecular complexity index is 391. The number of methoxy groups -OCH3 is 1. The Balaban J connectivity index is 2.15. The topological polar surface area (TPSA) is 64.3 Å². The van der Waals surface area contributed by atoms with E-state index in [4.69, 9.17) is 10.5 Å². The minimum atomic E-state index is 0.561. The van der Waals surface area contributed by atoms with Crippen LogP contribution in [0.25, 0.3) is 0 Å². The van der Waals surface area contributed by atoms with Crippen LogP contribution in [0.5, 0.6) is 5.88 Å². The van der Waals surface area contributed by atoms with E-state index in [-0.39, 0.29) is 0 Å². The lowest BCUT2D eigenvalue weighted by Crippen LogP contribution is -2.37. The molecular weight excluding hydrogens is 252 g/mol. The minimum absolute atomic E-state index is 0.561.